The van der Waals surface area contributed by atoms with Crippen molar-refractivity contribution in [2.45, 2.75) is 12.8 Å². The van der Waals surface area contributed by atoms with Crippen LogP contribution in [0.4, 0.5) is 0 Å². The lowest BCUT2D eigenvalue weighted by Crippen LogP contribution is -2.41. The summed E-state index contributed by atoms with van der Waals surface area (Å²) in [5.41, 5.74) is 2.90. The highest BCUT2D eigenvalue weighted by atomic mass is 79.9. The van der Waals surface area contributed by atoms with Crippen LogP contribution in [-0.2, 0) is 14.3 Å². The molecule has 0 saturated carbocycles. The van der Waals surface area contributed by atoms with Crippen LogP contribution in [0.25, 0.3) is 22.1 Å². The van der Waals surface area contributed by atoms with E-state index in [0.29, 0.717) is 12.8 Å². The Labute approximate surface area is 141 Å². The lowest BCUT2D eigenvalue weighted by atomic mass is 9.86. The lowest BCUT2D eigenvalue weighted by molar-refractivity contribution is -0.134. The molecule has 1 aliphatic carbocycles. The van der Waals surface area contributed by atoms with Crippen LogP contribution >= 0.6 is 15.9 Å². The number of carbonyl (C=O) groups excluding carboxylic acids is 2. The van der Waals surface area contributed by atoms with Gasteiger partial charge in [0.15, 0.2) is 0 Å². The topological polar surface area (TPSA) is 55.4 Å². The zero-order chi connectivity index (χ0) is 16.1. The smallest absolute Gasteiger partial charge is 0.234 e. The summed E-state index contributed by atoms with van der Waals surface area (Å²) in [6, 6.07) is 10.1. The number of hydrogen-bond donors (Lipinski definition) is 1. The van der Waals surface area contributed by atoms with Gasteiger partial charge < -0.3 is 4.74 Å². The zero-order valence-corrected chi connectivity index (χ0v) is 14.1. The lowest BCUT2D eigenvalue weighted by Gasteiger charge is -2.23. The van der Waals surface area contributed by atoms with Crippen LogP contribution in [0.15, 0.2) is 34.8 Å². The molecule has 1 heterocycles. The maximum atomic E-state index is 12.4. The van der Waals surface area contributed by atoms with Crippen LogP contribution < -0.4 is 5.32 Å². The molecule has 2 aromatic carbocycles. The Morgan fingerprint density at radius 1 is 1.17 bits per heavy atom. The number of amides is 2. The van der Waals surface area contributed by atoms with Gasteiger partial charge in [0.05, 0.1) is 13.0 Å². The van der Waals surface area contributed by atoms with E-state index in [9.17, 15) is 9.59 Å². The van der Waals surface area contributed by atoms with Gasteiger partial charge in [0.2, 0.25) is 11.8 Å². The average Bonchev–Trinajstić information content (AvgIpc) is 2.86. The van der Waals surface area contributed by atoms with Crippen molar-refractivity contribution < 1.29 is 14.3 Å². The molecule has 1 unspecified atom stereocenters. The van der Waals surface area contributed by atoms with E-state index < -0.39 is 0 Å². The molecule has 2 amide bonds. The second-order valence-electron chi connectivity index (χ2n) is 5.77. The molecule has 1 N–H and O–H groups in total. The van der Waals surface area contributed by atoms with E-state index in [1.807, 2.05) is 30.3 Å². The summed E-state index contributed by atoms with van der Waals surface area (Å²) < 4.78 is 6.68. The molecule has 2 aromatic rings. The van der Waals surface area contributed by atoms with Gasteiger partial charge in [-0.1, -0.05) is 34.1 Å². The van der Waals surface area contributed by atoms with E-state index in [0.717, 1.165) is 37.7 Å². The van der Waals surface area contributed by atoms with Crippen molar-refractivity contribution in [2.24, 2.45) is 5.92 Å². The zero-order valence-electron chi connectivity index (χ0n) is 12.5. The molecule has 1 atom stereocenters. The monoisotopic (exact) mass is 371 g/mol. The number of methoxy groups -OCH3 is 1. The van der Waals surface area contributed by atoms with E-state index in [1.54, 1.807) is 7.11 Å². The Kier molecular flexibility index (Phi) is 3.27. The van der Waals surface area contributed by atoms with Crippen LogP contribution in [0.1, 0.15) is 24.0 Å². The van der Waals surface area contributed by atoms with E-state index in [-0.39, 0.29) is 17.7 Å². The van der Waals surface area contributed by atoms with Gasteiger partial charge in [-0.2, -0.15) is 0 Å². The number of ether oxygens (including phenoxy) is 1. The quantitative estimate of drug-likeness (QED) is 0.822. The van der Waals surface area contributed by atoms with Crippen molar-refractivity contribution in [1.29, 1.82) is 0 Å². The third-order valence-electron chi connectivity index (χ3n) is 4.56. The van der Waals surface area contributed by atoms with E-state index in [1.165, 1.54) is 0 Å². The molecule has 2 aliphatic rings. The van der Waals surface area contributed by atoms with E-state index in [4.69, 9.17) is 4.74 Å². The highest BCUT2D eigenvalue weighted by Gasteiger charge is 2.37. The van der Waals surface area contributed by atoms with Crippen molar-refractivity contribution >= 4 is 49.8 Å². The van der Waals surface area contributed by atoms with Gasteiger partial charge in [0, 0.05) is 27.4 Å². The van der Waals surface area contributed by atoms with Crippen molar-refractivity contribution in [3.05, 3.63) is 45.9 Å². The van der Waals surface area contributed by atoms with Gasteiger partial charge in [-0.15, -0.1) is 0 Å². The standard InChI is InChI=1S/C18H14BrNO3/c1-23-17-11-5-7-13(19)9-3-2-4-10(15(9)11)16(17)12-6-8-14(21)20-18(12)22/h2-5,7,12H,6,8H2,1H3,(H,20,21,22). The van der Waals surface area contributed by atoms with Gasteiger partial charge in [-0.05, 0) is 29.5 Å². The predicted molar refractivity (Wildman–Crippen MR) is 91.3 cm³/mol. The van der Waals surface area contributed by atoms with Crippen molar-refractivity contribution in [3.63, 3.8) is 0 Å². The molecule has 1 aliphatic heterocycles. The highest BCUT2D eigenvalue weighted by Crippen LogP contribution is 2.48. The minimum absolute atomic E-state index is 0.206. The summed E-state index contributed by atoms with van der Waals surface area (Å²) in [4.78, 5) is 23.8. The van der Waals surface area contributed by atoms with Crippen molar-refractivity contribution in [2.75, 3.05) is 7.11 Å². The molecular formula is C18H14BrNO3. The number of imide groups is 1. The molecular weight excluding hydrogens is 358 g/mol. The Morgan fingerprint density at radius 3 is 2.74 bits per heavy atom. The van der Waals surface area contributed by atoms with Crippen molar-refractivity contribution in [3.8, 4) is 0 Å². The summed E-state index contributed by atoms with van der Waals surface area (Å²) in [6.45, 7) is 0. The fourth-order valence-electron chi connectivity index (χ4n) is 3.59. The Balaban J connectivity index is 1.96. The molecule has 4 nitrogen and oxygen atoms in total. The third-order valence-corrected chi connectivity index (χ3v) is 5.25. The van der Waals surface area contributed by atoms with Crippen LogP contribution in [0.3, 0.4) is 0 Å². The second kappa shape index (κ2) is 5.20. The van der Waals surface area contributed by atoms with E-state index >= 15 is 0 Å². The van der Waals surface area contributed by atoms with Gasteiger partial charge in [-0.25, -0.2) is 0 Å². The van der Waals surface area contributed by atoms with Crippen molar-refractivity contribution in [1.82, 2.24) is 5.32 Å². The molecule has 1 fully saturated rings. The number of halogens is 1. The fraction of sp³-hybridized carbons (Fsp3) is 0.222. The number of benzene rings is 2. The molecule has 0 aromatic heterocycles. The van der Waals surface area contributed by atoms with Crippen LogP contribution in [0, 0.1) is 5.92 Å². The van der Waals surface area contributed by atoms with Crippen LogP contribution in [0.5, 0.6) is 0 Å². The summed E-state index contributed by atoms with van der Waals surface area (Å²) in [7, 11) is 1.63. The minimum Gasteiger partial charge on any atom is -0.496 e. The fourth-order valence-corrected chi connectivity index (χ4v) is 4.05. The molecule has 1 saturated heterocycles. The van der Waals surface area contributed by atoms with Gasteiger partial charge >= 0.3 is 0 Å². The minimum atomic E-state index is -0.362. The predicted octanol–water partition coefficient (Wildman–Crippen LogP) is 3.48. The Bertz CT molecular complexity index is 901. The Hall–Kier alpha value is -2.14. The molecule has 0 spiro atoms. The normalized spacial score (nSPS) is 20.2. The summed E-state index contributed by atoms with van der Waals surface area (Å²) in [5.74, 6) is -0.0745. The number of piperidine rings is 1. The maximum Gasteiger partial charge on any atom is 0.234 e. The number of hydrogen-bond acceptors (Lipinski definition) is 3. The number of rotatable bonds is 2. The first kappa shape index (κ1) is 14.5. The first-order valence-electron chi connectivity index (χ1n) is 7.45. The first-order chi connectivity index (χ1) is 11.1. The van der Waals surface area contributed by atoms with Gasteiger partial charge in [0.1, 0.15) is 5.76 Å². The average molecular weight is 372 g/mol. The molecule has 0 radical (unpaired) electrons. The second-order valence-corrected chi connectivity index (χ2v) is 6.63. The van der Waals surface area contributed by atoms with E-state index in [2.05, 4.69) is 21.2 Å². The SMILES string of the molecule is COC1=C(C2CCC(=O)NC2=O)c2cccc3c(Br)ccc1c23. The molecule has 5 heteroatoms. The maximum absolute atomic E-state index is 12.4. The molecule has 4 rings (SSSR count). The highest BCUT2D eigenvalue weighted by molar-refractivity contribution is 9.10. The first-order valence-corrected chi connectivity index (χ1v) is 8.25. The molecule has 116 valence electrons. The number of carbonyl (C=O) groups is 2. The van der Waals surface area contributed by atoms with Gasteiger partial charge in [0.25, 0.3) is 0 Å². The molecule has 23 heavy (non-hydrogen) atoms. The molecule has 0 bridgehead atoms. The van der Waals surface area contributed by atoms with Gasteiger partial charge in [-0.3, -0.25) is 14.9 Å². The van der Waals surface area contributed by atoms with Crippen LogP contribution in [0.2, 0.25) is 0 Å². The Morgan fingerprint density at radius 2 is 2.00 bits per heavy atom. The summed E-state index contributed by atoms with van der Waals surface area (Å²) >= 11 is 3.59. The summed E-state index contributed by atoms with van der Waals surface area (Å²) in [6.07, 6.45) is 0.866. The summed E-state index contributed by atoms with van der Waals surface area (Å²) in [5, 5.41) is 4.63. The van der Waals surface area contributed by atoms with Crippen LogP contribution in [-0.4, -0.2) is 18.9 Å². The number of nitrogens with one attached hydrogen (secondary N) is 1. The largest absolute Gasteiger partial charge is 0.496 e. The third kappa shape index (κ3) is 2.03.